The van der Waals surface area contributed by atoms with Crippen LogP contribution in [0.25, 0.3) is 0 Å². The van der Waals surface area contributed by atoms with E-state index in [0.29, 0.717) is 15.7 Å². The summed E-state index contributed by atoms with van der Waals surface area (Å²) in [5, 5.41) is 6.51. The molecule has 0 saturated heterocycles. The number of rotatable bonds is 2. The Labute approximate surface area is 110 Å². The predicted molar refractivity (Wildman–Crippen MR) is 71.0 cm³/mol. The zero-order valence-electron chi connectivity index (χ0n) is 9.52. The minimum atomic E-state index is -0.246. The summed E-state index contributed by atoms with van der Waals surface area (Å²) in [6.07, 6.45) is 3.27. The average Bonchev–Trinajstić information content (AvgIpc) is 2.24. The fourth-order valence-electron chi connectivity index (χ4n) is 1.66. The predicted octanol–water partition coefficient (Wildman–Crippen LogP) is 3.98. The summed E-state index contributed by atoms with van der Waals surface area (Å²) in [5.74, 6) is 0. The van der Waals surface area contributed by atoms with Gasteiger partial charge in [0.25, 0.3) is 0 Å². The van der Waals surface area contributed by atoms with Crippen molar-refractivity contribution in [1.29, 1.82) is 0 Å². The molecule has 92 valence electrons. The number of anilines is 1. The van der Waals surface area contributed by atoms with Crippen molar-refractivity contribution in [2.75, 3.05) is 5.32 Å². The number of nitrogens with one attached hydrogen (secondary N) is 2. The van der Waals surface area contributed by atoms with Crippen LogP contribution in [0.1, 0.15) is 24.8 Å². The van der Waals surface area contributed by atoms with Gasteiger partial charge in [0.15, 0.2) is 0 Å². The zero-order valence-corrected chi connectivity index (χ0v) is 11.0. The third-order valence-electron chi connectivity index (χ3n) is 2.96. The second-order valence-corrected chi connectivity index (χ2v) is 5.06. The molecule has 1 aliphatic carbocycles. The van der Waals surface area contributed by atoms with Crippen LogP contribution in [0.4, 0.5) is 10.5 Å². The molecule has 2 N–H and O–H groups in total. The SMILES string of the molecule is Cc1ccc(Cl)c(NC(=O)NC2CCC2)c1Cl. The van der Waals surface area contributed by atoms with E-state index in [1.807, 2.05) is 13.0 Å². The van der Waals surface area contributed by atoms with Crippen LogP contribution in [-0.4, -0.2) is 12.1 Å². The van der Waals surface area contributed by atoms with Gasteiger partial charge in [-0.05, 0) is 37.8 Å². The van der Waals surface area contributed by atoms with Crippen molar-refractivity contribution >= 4 is 34.9 Å². The van der Waals surface area contributed by atoms with E-state index in [-0.39, 0.29) is 12.1 Å². The van der Waals surface area contributed by atoms with Crippen molar-refractivity contribution in [3.63, 3.8) is 0 Å². The van der Waals surface area contributed by atoms with Gasteiger partial charge in [-0.3, -0.25) is 0 Å². The number of urea groups is 1. The maximum Gasteiger partial charge on any atom is 0.319 e. The normalized spacial score (nSPS) is 15.2. The lowest BCUT2D eigenvalue weighted by atomic mass is 9.93. The molecule has 2 rings (SSSR count). The Morgan fingerprint density at radius 3 is 2.65 bits per heavy atom. The third kappa shape index (κ3) is 2.85. The van der Waals surface area contributed by atoms with Crippen molar-refractivity contribution in [2.24, 2.45) is 0 Å². The second-order valence-electron chi connectivity index (χ2n) is 4.28. The maximum absolute atomic E-state index is 11.7. The van der Waals surface area contributed by atoms with Gasteiger partial charge in [-0.15, -0.1) is 0 Å². The number of benzene rings is 1. The highest BCUT2D eigenvalue weighted by Crippen LogP contribution is 2.32. The van der Waals surface area contributed by atoms with E-state index >= 15 is 0 Å². The number of amides is 2. The number of carbonyl (C=O) groups is 1. The standard InChI is InChI=1S/C12H14Cl2N2O/c1-7-5-6-9(13)11(10(7)14)16-12(17)15-8-3-2-4-8/h5-6,8H,2-4H2,1H3,(H2,15,16,17). The first-order valence-electron chi connectivity index (χ1n) is 5.60. The van der Waals surface area contributed by atoms with Crippen LogP contribution in [0.5, 0.6) is 0 Å². The Kier molecular flexibility index (Phi) is 3.79. The summed E-state index contributed by atoms with van der Waals surface area (Å²) in [5.41, 5.74) is 1.36. The number of hydrogen-bond acceptors (Lipinski definition) is 1. The molecule has 1 aromatic rings. The molecule has 0 unspecified atom stereocenters. The van der Waals surface area contributed by atoms with Crippen molar-refractivity contribution in [2.45, 2.75) is 32.2 Å². The molecule has 0 spiro atoms. The Hall–Kier alpha value is -0.930. The molecular weight excluding hydrogens is 259 g/mol. The summed E-state index contributed by atoms with van der Waals surface area (Å²) in [4.78, 5) is 11.7. The lowest BCUT2D eigenvalue weighted by Gasteiger charge is -2.26. The van der Waals surface area contributed by atoms with Gasteiger partial charge in [-0.1, -0.05) is 29.3 Å². The van der Waals surface area contributed by atoms with Gasteiger partial charge in [0.05, 0.1) is 15.7 Å². The molecule has 1 fully saturated rings. The molecule has 1 saturated carbocycles. The number of carbonyl (C=O) groups excluding carboxylic acids is 1. The monoisotopic (exact) mass is 272 g/mol. The van der Waals surface area contributed by atoms with E-state index in [9.17, 15) is 4.79 Å². The number of halogens is 2. The molecule has 3 nitrogen and oxygen atoms in total. The van der Waals surface area contributed by atoms with Crippen molar-refractivity contribution in [1.82, 2.24) is 5.32 Å². The Balaban J connectivity index is 2.06. The van der Waals surface area contributed by atoms with Gasteiger partial charge in [-0.25, -0.2) is 4.79 Å². The molecular formula is C12H14Cl2N2O. The first-order chi connectivity index (χ1) is 8.08. The summed E-state index contributed by atoms with van der Waals surface area (Å²) < 4.78 is 0. The van der Waals surface area contributed by atoms with Crippen LogP contribution in [0, 0.1) is 6.92 Å². The second kappa shape index (κ2) is 5.15. The quantitative estimate of drug-likeness (QED) is 0.840. The van der Waals surface area contributed by atoms with E-state index in [1.165, 1.54) is 6.42 Å². The van der Waals surface area contributed by atoms with E-state index in [2.05, 4.69) is 10.6 Å². The van der Waals surface area contributed by atoms with Gasteiger partial charge < -0.3 is 10.6 Å². The van der Waals surface area contributed by atoms with Crippen LogP contribution in [0.15, 0.2) is 12.1 Å². The topological polar surface area (TPSA) is 41.1 Å². The van der Waals surface area contributed by atoms with E-state index < -0.39 is 0 Å². The third-order valence-corrected chi connectivity index (χ3v) is 3.77. The average molecular weight is 273 g/mol. The number of hydrogen-bond donors (Lipinski definition) is 2. The van der Waals surface area contributed by atoms with Crippen molar-refractivity contribution in [3.8, 4) is 0 Å². The molecule has 17 heavy (non-hydrogen) atoms. The summed E-state index contributed by atoms with van der Waals surface area (Å²) >= 11 is 12.1. The highest BCUT2D eigenvalue weighted by Gasteiger charge is 2.20. The molecule has 5 heteroatoms. The van der Waals surface area contributed by atoms with Gasteiger partial charge >= 0.3 is 6.03 Å². The zero-order chi connectivity index (χ0) is 12.4. The molecule has 2 amide bonds. The van der Waals surface area contributed by atoms with Gasteiger partial charge in [-0.2, -0.15) is 0 Å². The smallest absolute Gasteiger partial charge is 0.319 e. The van der Waals surface area contributed by atoms with Gasteiger partial charge in [0.2, 0.25) is 0 Å². The molecule has 0 atom stereocenters. The Morgan fingerprint density at radius 2 is 2.06 bits per heavy atom. The number of aryl methyl sites for hydroxylation is 1. The lowest BCUT2D eigenvalue weighted by molar-refractivity contribution is 0.240. The van der Waals surface area contributed by atoms with Gasteiger partial charge in [0, 0.05) is 6.04 Å². The van der Waals surface area contributed by atoms with E-state index in [4.69, 9.17) is 23.2 Å². The minimum Gasteiger partial charge on any atom is -0.335 e. The highest BCUT2D eigenvalue weighted by atomic mass is 35.5. The molecule has 0 heterocycles. The largest absolute Gasteiger partial charge is 0.335 e. The minimum absolute atomic E-state index is 0.246. The fourth-order valence-corrected chi connectivity index (χ4v) is 2.12. The summed E-state index contributed by atoms with van der Waals surface area (Å²) in [6, 6.07) is 3.59. The van der Waals surface area contributed by atoms with Crippen molar-refractivity contribution in [3.05, 3.63) is 27.7 Å². The van der Waals surface area contributed by atoms with Gasteiger partial charge in [0.1, 0.15) is 0 Å². The fraction of sp³-hybridized carbons (Fsp3) is 0.417. The molecule has 1 aromatic carbocycles. The first-order valence-corrected chi connectivity index (χ1v) is 6.35. The van der Waals surface area contributed by atoms with Crippen LogP contribution < -0.4 is 10.6 Å². The van der Waals surface area contributed by atoms with E-state index in [1.54, 1.807) is 6.07 Å². The first kappa shape index (κ1) is 12.5. The summed E-state index contributed by atoms with van der Waals surface area (Å²) in [7, 11) is 0. The maximum atomic E-state index is 11.7. The molecule has 1 aliphatic rings. The molecule has 0 radical (unpaired) electrons. The van der Waals surface area contributed by atoms with Crippen LogP contribution in [0.3, 0.4) is 0 Å². The highest BCUT2D eigenvalue weighted by molar-refractivity contribution is 6.40. The summed E-state index contributed by atoms with van der Waals surface area (Å²) in [6.45, 7) is 1.87. The Bertz CT molecular complexity index is 444. The lowest BCUT2D eigenvalue weighted by Crippen LogP contribution is -2.41. The van der Waals surface area contributed by atoms with Crippen molar-refractivity contribution < 1.29 is 4.79 Å². The van der Waals surface area contributed by atoms with Crippen LogP contribution in [-0.2, 0) is 0 Å². The van der Waals surface area contributed by atoms with Crippen LogP contribution in [0.2, 0.25) is 10.0 Å². The molecule has 0 bridgehead atoms. The van der Waals surface area contributed by atoms with Crippen LogP contribution >= 0.6 is 23.2 Å². The molecule has 0 aromatic heterocycles. The Morgan fingerprint density at radius 1 is 1.35 bits per heavy atom. The van der Waals surface area contributed by atoms with E-state index in [0.717, 1.165) is 18.4 Å². The molecule has 0 aliphatic heterocycles.